The Bertz CT molecular complexity index is 1120. The molecule has 0 amide bonds. The highest BCUT2D eigenvalue weighted by atomic mass is 16.6. The van der Waals surface area contributed by atoms with Crippen LogP contribution in [-0.2, 0) is 4.79 Å². The summed E-state index contributed by atoms with van der Waals surface area (Å²) in [4.78, 5) is 13.4. The van der Waals surface area contributed by atoms with E-state index < -0.39 is 6.04 Å². The number of Topliss-reactive ketones (excluding diaryl/α,β-unsaturated/α-hetero) is 1. The van der Waals surface area contributed by atoms with Crippen LogP contribution in [0, 0.1) is 0 Å². The summed E-state index contributed by atoms with van der Waals surface area (Å²) in [6, 6.07) is 8.73. The Morgan fingerprint density at radius 1 is 1.10 bits per heavy atom. The number of rotatable bonds is 4. The van der Waals surface area contributed by atoms with Crippen molar-refractivity contribution in [2.24, 2.45) is 0 Å². The average Bonchev–Trinajstić information content (AvgIpc) is 3.42. The molecule has 0 radical (unpaired) electrons. The van der Waals surface area contributed by atoms with E-state index in [4.69, 9.17) is 18.5 Å². The smallest absolute Gasteiger partial charge is 0.219 e. The summed E-state index contributed by atoms with van der Waals surface area (Å²) in [5, 5.41) is 14.4. The van der Waals surface area contributed by atoms with Gasteiger partial charge in [0.25, 0.3) is 0 Å². The first-order valence-electron chi connectivity index (χ1n) is 9.55. The highest BCUT2D eigenvalue weighted by Crippen LogP contribution is 2.45. The van der Waals surface area contributed by atoms with Gasteiger partial charge in [-0.2, -0.15) is 0 Å². The van der Waals surface area contributed by atoms with E-state index >= 15 is 0 Å². The molecular weight excluding hydrogens is 388 g/mol. The molecule has 1 aromatic carbocycles. The lowest BCUT2D eigenvalue weighted by Crippen LogP contribution is -2.27. The second-order valence-corrected chi connectivity index (χ2v) is 7.21. The van der Waals surface area contributed by atoms with E-state index in [9.17, 15) is 4.79 Å². The quantitative estimate of drug-likeness (QED) is 0.668. The Balaban J connectivity index is 1.63. The van der Waals surface area contributed by atoms with Crippen LogP contribution in [0.5, 0.6) is 11.5 Å². The van der Waals surface area contributed by atoms with Crippen molar-refractivity contribution in [3.8, 4) is 11.5 Å². The molecule has 1 aliphatic carbocycles. The maximum absolute atomic E-state index is 13.4. The predicted octanol–water partition coefficient (Wildman–Crippen LogP) is 3.66. The monoisotopic (exact) mass is 408 g/mol. The molecule has 9 nitrogen and oxygen atoms in total. The van der Waals surface area contributed by atoms with Crippen molar-refractivity contribution in [1.29, 1.82) is 0 Å². The van der Waals surface area contributed by atoms with Crippen molar-refractivity contribution in [3.63, 3.8) is 0 Å². The number of hydrogen-bond donors (Lipinski definition) is 2. The molecule has 3 aromatic rings. The number of ether oxygens (including phenoxy) is 2. The zero-order valence-corrected chi connectivity index (χ0v) is 16.5. The van der Waals surface area contributed by atoms with E-state index in [0.29, 0.717) is 41.5 Å². The third-order valence-electron chi connectivity index (χ3n) is 5.53. The topological polar surface area (TPSA) is 112 Å². The van der Waals surface area contributed by atoms with Crippen LogP contribution >= 0.6 is 0 Å². The molecule has 0 saturated heterocycles. The highest BCUT2D eigenvalue weighted by Gasteiger charge is 2.39. The number of hydrogen-bond acceptors (Lipinski definition) is 9. The number of anilines is 2. The van der Waals surface area contributed by atoms with Crippen molar-refractivity contribution in [1.82, 2.24) is 10.3 Å². The number of furan rings is 1. The second kappa shape index (κ2) is 7.25. The van der Waals surface area contributed by atoms with Gasteiger partial charge in [0.2, 0.25) is 11.6 Å². The number of nitrogens with one attached hydrogen (secondary N) is 2. The summed E-state index contributed by atoms with van der Waals surface area (Å²) < 4.78 is 21.4. The number of aromatic nitrogens is 2. The normalized spacial score (nSPS) is 20.5. The number of allylic oxidation sites excluding steroid dienone is 1. The van der Waals surface area contributed by atoms with Gasteiger partial charge in [-0.25, -0.2) is 4.63 Å². The maximum Gasteiger partial charge on any atom is 0.219 e. The number of nitrogens with zero attached hydrogens (tertiary/aromatic N) is 2. The van der Waals surface area contributed by atoms with Crippen LogP contribution in [0.15, 0.2) is 56.9 Å². The molecule has 0 saturated carbocycles. The number of fused-ring (bicyclic) bond motifs is 1. The molecule has 0 spiro atoms. The highest BCUT2D eigenvalue weighted by molar-refractivity contribution is 6.01. The third kappa shape index (κ3) is 2.99. The van der Waals surface area contributed by atoms with Gasteiger partial charge in [0.1, 0.15) is 17.3 Å². The summed E-state index contributed by atoms with van der Waals surface area (Å²) in [5.74, 6) is 2.86. The van der Waals surface area contributed by atoms with Crippen LogP contribution in [0.2, 0.25) is 0 Å². The van der Waals surface area contributed by atoms with E-state index in [2.05, 4.69) is 20.9 Å². The number of carbonyl (C=O) groups is 1. The standard InChI is InChI=1S/C21H20N4O5/c1-27-12-5-6-13(17(10-12)28-2)19-18-14(22-20-21(23-19)25-30-24-20)8-11(9-15(18)26)16-4-3-7-29-16/h3-7,10-11,19H,8-9H2,1-2H3,(H,22,24)(H,23,25)/t11-,19-/m0/s1. The molecule has 2 N–H and O–H groups in total. The Labute approximate surface area is 172 Å². The van der Waals surface area contributed by atoms with Gasteiger partial charge in [-0.3, -0.25) is 4.79 Å². The van der Waals surface area contributed by atoms with Gasteiger partial charge in [-0.1, -0.05) is 0 Å². The van der Waals surface area contributed by atoms with Crippen LogP contribution < -0.4 is 20.1 Å². The fourth-order valence-corrected chi connectivity index (χ4v) is 4.12. The molecule has 3 heterocycles. The lowest BCUT2D eigenvalue weighted by Gasteiger charge is -2.29. The fraction of sp³-hybridized carbons (Fsp3) is 0.286. The van der Waals surface area contributed by atoms with E-state index in [-0.39, 0.29) is 11.7 Å². The van der Waals surface area contributed by atoms with E-state index in [1.54, 1.807) is 26.5 Å². The first-order valence-corrected chi connectivity index (χ1v) is 9.55. The third-order valence-corrected chi connectivity index (χ3v) is 5.53. The number of ketones is 1. The number of benzene rings is 1. The summed E-state index contributed by atoms with van der Waals surface area (Å²) in [7, 11) is 3.18. The molecule has 2 aliphatic rings. The van der Waals surface area contributed by atoms with Crippen molar-refractivity contribution in [2.45, 2.75) is 24.8 Å². The molecular formula is C21H20N4O5. The first kappa shape index (κ1) is 18.3. The van der Waals surface area contributed by atoms with Crippen LogP contribution in [-0.4, -0.2) is 30.3 Å². The predicted molar refractivity (Wildman–Crippen MR) is 107 cm³/mol. The maximum atomic E-state index is 13.4. The van der Waals surface area contributed by atoms with Crippen LogP contribution in [0.3, 0.4) is 0 Å². The minimum absolute atomic E-state index is 0.0163. The fourth-order valence-electron chi connectivity index (χ4n) is 4.12. The zero-order chi connectivity index (χ0) is 20.7. The van der Waals surface area contributed by atoms with Gasteiger partial charge in [0.05, 0.1) is 26.5 Å². The Hall–Kier alpha value is -3.75. The van der Waals surface area contributed by atoms with Crippen LogP contribution in [0.1, 0.15) is 36.1 Å². The van der Waals surface area contributed by atoms with Gasteiger partial charge in [0.15, 0.2) is 5.78 Å². The number of carbonyl (C=O) groups excluding carboxylic acids is 1. The van der Waals surface area contributed by atoms with Gasteiger partial charge >= 0.3 is 0 Å². The molecule has 0 fully saturated rings. The molecule has 0 unspecified atom stereocenters. The summed E-state index contributed by atoms with van der Waals surface area (Å²) in [6.45, 7) is 0. The average molecular weight is 408 g/mol. The Kier molecular flexibility index (Phi) is 4.42. The second-order valence-electron chi connectivity index (χ2n) is 7.21. The lowest BCUT2D eigenvalue weighted by molar-refractivity contribution is -0.116. The minimum atomic E-state index is -0.494. The summed E-state index contributed by atoms with van der Waals surface area (Å²) in [6.07, 6.45) is 2.56. The molecule has 5 rings (SSSR count). The molecule has 2 aromatic heterocycles. The van der Waals surface area contributed by atoms with Crippen molar-refractivity contribution in [3.05, 3.63) is 59.2 Å². The minimum Gasteiger partial charge on any atom is -0.497 e. The molecule has 30 heavy (non-hydrogen) atoms. The summed E-state index contributed by atoms with van der Waals surface area (Å²) in [5.41, 5.74) is 2.17. The van der Waals surface area contributed by atoms with E-state index in [0.717, 1.165) is 17.0 Å². The van der Waals surface area contributed by atoms with Crippen LogP contribution in [0.4, 0.5) is 11.6 Å². The van der Waals surface area contributed by atoms with Crippen molar-refractivity contribution >= 4 is 17.4 Å². The first-order chi connectivity index (χ1) is 14.7. The largest absolute Gasteiger partial charge is 0.497 e. The Morgan fingerprint density at radius 3 is 2.73 bits per heavy atom. The van der Waals surface area contributed by atoms with Gasteiger partial charge in [0, 0.05) is 35.2 Å². The van der Waals surface area contributed by atoms with Crippen LogP contribution in [0.25, 0.3) is 0 Å². The van der Waals surface area contributed by atoms with E-state index in [1.807, 2.05) is 24.3 Å². The van der Waals surface area contributed by atoms with Crippen molar-refractivity contribution < 1.29 is 23.3 Å². The number of methoxy groups -OCH3 is 2. The molecule has 2 atom stereocenters. The van der Waals surface area contributed by atoms with Gasteiger partial charge in [-0.15, -0.1) is 0 Å². The van der Waals surface area contributed by atoms with E-state index in [1.165, 1.54) is 0 Å². The lowest BCUT2D eigenvalue weighted by atomic mass is 9.80. The SMILES string of the molecule is COc1ccc([C@@H]2Nc3nonc3NC3=C2C(=O)C[C@@H](c2ccco2)C3)c(OC)c1. The van der Waals surface area contributed by atoms with Gasteiger partial charge < -0.3 is 24.5 Å². The Morgan fingerprint density at radius 2 is 1.97 bits per heavy atom. The molecule has 9 heteroatoms. The van der Waals surface area contributed by atoms with Gasteiger partial charge in [-0.05, 0) is 41.0 Å². The van der Waals surface area contributed by atoms with Crippen molar-refractivity contribution in [2.75, 3.05) is 24.9 Å². The summed E-state index contributed by atoms with van der Waals surface area (Å²) >= 11 is 0. The molecule has 154 valence electrons. The molecule has 1 aliphatic heterocycles. The zero-order valence-electron chi connectivity index (χ0n) is 16.5. The molecule has 0 bridgehead atoms.